The van der Waals surface area contributed by atoms with Crippen molar-refractivity contribution in [2.75, 3.05) is 31.1 Å². The van der Waals surface area contributed by atoms with Crippen molar-refractivity contribution in [3.05, 3.63) is 102 Å². The quantitative estimate of drug-likeness (QED) is 0.322. The standard InChI is InChI=1S/C31H28N6O/c1-22-4-2-6-24(9-8-22)25-10-11-27-28(19-25)33-13-12-29(27)37-16-14-36(15-17-37)21-30-34-31(38-35-30)26-7-3-5-23(18-26)20-32/h2-3,5-7,9-13,18-19H,1,4,8,14-17,21H2. The Hall–Kier alpha value is -4.54. The maximum Gasteiger partial charge on any atom is 0.258 e. The molecule has 2 aromatic heterocycles. The van der Waals surface area contributed by atoms with Crippen LogP contribution >= 0.6 is 0 Å². The molecule has 3 heterocycles. The molecule has 6 rings (SSSR count). The lowest BCUT2D eigenvalue weighted by molar-refractivity contribution is 0.240. The van der Waals surface area contributed by atoms with Crippen LogP contribution in [-0.4, -0.2) is 46.2 Å². The summed E-state index contributed by atoms with van der Waals surface area (Å²) in [6, 6.07) is 18.1. The normalized spacial score (nSPS) is 16.3. The predicted molar refractivity (Wildman–Crippen MR) is 149 cm³/mol. The lowest BCUT2D eigenvalue weighted by Crippen LogP contribution is -2.46. The Morgan fingerprint density at radius 3 is 2.76 bits per heavy atom. The van der Waals surface area contributed by atoms with Gasteiger partial charge in [0.2, 0.25) is 0 Å². The fourth-order valence-corrected chi connectivity index (χ4v) is 5.06. The second-order valence-electron chi connectivity index (χ2n) is 9.75. The van der Waals surface area contributed by atoms with Crippen LogP contribution in [0.2, 0.25) is 0 Å². The Bertz CT molecular complexity index is 1600. The van der Waals surface area contributed by atoms with Crippen molar-refractivity contribution in [2.24, 2.45) is 0 Å². The van der Waals surface area contributed by atoms with Crippen LogP contribution in [-0.2, 0) is 6.54 Å². The highest BCUT2D eigenvalue weighted by Gasteiger charge is 2.21. The van der Waals surface area contributed by atoms with Crippen LogP contribution in [0.25, 0.3) is 27.9 Å². The third-order valence-electron chi connectivity index (χ3n) is 7.15. The van der Waals surface area contributed by atoms with Crippen molar-refractivity contribution in [3.63, 3.8) is 0 Å². The summed E-state index contributed by atoms with van der Waals surface area (Å²) in [5.74, 6) is 1.10. The Kier molecular flexibility index (Phi) is 6.55. The number of pyridine rings is 1. The van der Waals surface area contributed by atoms with E-state index in [9.17, 15) is 0 Å². The molecule has 1 fully saturated rings. The van der Waals surface area contributed by atoms with Gasteiger partial charge in [-0.2, -0.15) is 10.2 Å². The van der Waals surface area contributed by atoms with Crippen LogP contribution in [0.5, 0.6) is 0 Å². The van der Waals surface area contributed by atoms with Crippen molar-refractivity contribution < 1.29 is 4.52 Å². The molecule has 0 spiro atoms. The molecule has 0 amide bonds. The van der Waals surface area contributed by atoms with Gasteiger partial charge in [0.15, 0.2) is 5.82 Å². The van der Waals surface area contributed by atoms with E-state index in [0.717, 1.165) is 50.1 Å². The fourth-order valence-electron chi connectivity index (χ4n) is 5.06. The maximum absolute atomic E-state index is 9.14. The minimum Gasteiger partial charge on any atom is -0.368 e. The average molecular weight is 501 g/mol. The van der Waals surface area contributed by atoms with Crippen LogP contribution in [0.1, 0.15) is 29.8 Å². The highest BCUT2D eigenvalue weighted by molar-refractivity contribution is 5.94. The molecular weight excluding hydrogens is 472 g/mol. The van der Waals surface area contributed by atoms with Gasteiger partial charge in [0.25, 0.3) is 5.89 Å². The van der Waals surface area contributed by atoms with Gasteiger partial charge in [0, 0.05) is 49.0 Å². The first-order chi connectivity index (χ1) is 18.7. The summed E-state index contributed by atoms with van der Waals surface area (Å²) in [6.07, 6.45) is 10.4. The smallest absolute Gasteiger partial charge is 0.258 e. The minimum absolute atomic E-state index is 0.443. The van der Waals surface area contributed by atoms with E-state index in [2.05, 4.69) is 80.1 Å². The highest BCUT2D eigenvalue weighted by atomic mass is 16.5. The molecule has 4 aromatic rings. The number of aromatic nitrogens is 3. The van der Waals surface area contributed by atoms with E-state index in [0.29, 0.717) is 23.8 Å². The van der Waals surface area contributed by atoms with E-state index in [-0.39, 0.29) is 0 Å². The number of allylic oxidation sites excluding steroid dienone is 5. The average Bonchev–Trinajstić information content (AvgIpc) is 3.32. The van der Waals surface area contributed by atoms with Crippen molar-refractivity contribution >= 4 is 22.2 Å². The van der Waals surface area contributed by atoms with Gasteiger partial charge < -0.3 is 9.42 Å². The van der Waals surface area contributed by atoms with E-state index >= 15 is 0 Å². The second kappa shape index (κ2) is 10.4. The molecule has 1 aliphatic carbocycles. The number of fused-ring (bicyclic) bond motifs is 1. The summed E-state index contributed by atoms with van der Waals surface area (Å²) in [5.41, 5.74) is 7.23. The molecule has 38 heavy (non-hydrogen) atoms. The lowest BCUT2D eigenvalue weighted by Gasteiger charge is -2.36. The SMILES string of the molecule is C=C1CC=CC(c2ccc3c(N4CCN(Cc5noc(-c6cccc(C#N)c6)n5)CC4)ccnc3c2)=CC1. The van der Waals surface area contributed by atoms with E-state index in [1.54, 1.807) is 12.1 Å². The zero-order chi connectivity index (χ0) is 25.9. The third-order valence-corrected chi connectivity index (χ3v) is 7.15. The Morgan fingerprint density at radius 1 is 1.00 bits per heavy atom. The molecule has 0 radical (unpaired) electrons. The largest absolute Gasteiger partial charge is 0.368 e. The van der Waals surface area contributed by atoms with Crippen molar-refractivity contribution in [1.29, 1.82) is 5.26 Å². The highest BCUT2D eigenvalue weighted by Crippen LogP contribution is 2.30. The van der Waals surface area contributed by atoms with Crippen LogP contribution in [0.4, 0.5) is 5.69 Å². The second-order valence-corrected chi connectivity index (χ2v) is 9.75. The van der Waals surface area contributed by atoms with Gasteiger partial charge in [-0.05, 0) is 54.3 Å². The molecule has 2 aliphatic rings. The maximum atomic E-state index is 9.14. The van der Waals surface area contributed by atoms with Gasteiger partial charge in [-0.25, -0.2) is 0 Å². The van der Waals surface area contributed by atoms with Gasteiger partial charge in [0.05, 0.1) is 23.7 Å². The molecular formula is C31H28N6O. The van der Waals surface area contributed by atoms with Crippen LogP contribution in [0.3, 0.4) is 0 Å². The topological polar surface area (TPSA) is 82.1 Å². The molecule has 7 heteroatoms. The number of benzene rings is 2. The number of rotatable bonds is 5. The summed E-state index contributed by atoms with van der Waals surface area (Å²) < 4.78 is 5.47. The molecule has 0 bridgehead atoms. The van der Waals surface area contributed by atoms with Crippen molar-refractivity contribution in [3.8, 4) is 17.5 Å². The van der Waals surface area contributed by atoms with Gasteiger partial charge in [-0.3, -0.25) is 9.88 Å². The molecule has 1 aliphatic heterocycles. The first-order valence-electron chi connectivity index (χ1n) is 12.9. The van der Waals surface area contributed by atoms with E-state index in [1.165, 1.54) is 27.8 Å². The monoisotopic (exact) mass is 500 g/mol. The van der Waals surface area contributed by atoms with Gasteiger partial charge in [-0.1, -0.05) is 53.7 Å². The van der Waals surface area contributed by atoms with Crippen LogP contribution < -0.4 is 4.90 Å². The zero-order valence-corrected chi connectivity index (χ0v) is 21.2. The Labute approximate surface area is 222 Å². The van der Waals surface area contributed by atoms with E-state index in [1.807, 2.05) is 18.3 Å². The number of nitrogens with zero attached hydrogens (tertiary/aromatic N) is 6. The van der Waals surface area contributed by atoms with Crippen LogP contribution in [0, 0.1) is 11.3 Å². The predicted octanol–water partition coefficient (Wildman–Crippen LogP) is 5.77. The molecule has 188 valence electrons. The number of hydrogen-bond acceptors (Lipinski definition) is 7. The Balaban J connectivity index is 1.13. The molecule has 0 N–H and O–H groups in total. The first kappa shape index (κ1) is 23.8. The van der Waals surface area contributed by atoms with Gasteiger partial charge in [0.1, 0.15) is 0 Å². The number of nitriles is 1. The summed E-state index contributed by atoms with van der Waals surface area (Å²) >= 11 is 0. The molecule has 0 atom stereocenters. The molecule has 0 saturated carbocycles. The molecule has 7 nitrogen and oxygen atoms in total. The summed E-state index contributed by atoms with van der Waals surface area (Å²) in [4.78, 5) is 14.0. The van der Waals surface area contributed by atoms with Crippen molar-refractivity contribution in [2.45, 2.75) is 19.4 Å². The third kappa shape index (κ3) is 4.99. The van der Waals surface area contributed by atoms with Crippen molar-refractivity contribution in [1.82, 2.24) is 20.0 Å². The molecule has 0 unspecified atom stereocenters. The Morgan fingerprint density at radius 2 is 1.89 bits per heavy atom. The fraction of sp³-hybridized carbons (Fsp3) is 0.226. The summed E-state index contributed by atoms with van der Waals surface area (Å²) in [6.45, 7) is 8.37. The van der Waals surface area contributed by atoms with Gasteiger partial charge in [-0.15, -0.1) is 0 Å². The number of piperazine rings is 1. The number of hydrogen-bond donors (Lipinski definition) is 0. The number of anilines is 1. The van der Waals surface area contributed by atoms with E-state index in [4.69, 9.17) is 9.78 Å². The summed E-state index contributed by atoms with van der Waals surface area (Å²) in [5, 5.41) is 14.5. The lowest BCUT2D eigenvalue weighted by atomic mass is 10.0. The first-order valence-corrected chi connectivity index (χ1v) is 12.9. The van der Waals surface area contributed by atoms with Gasteiger partial charge >= 0.3 is 0 Å². The molecule has 2 aromatic carbocycles. The summed E-state index contributed by atoms with van der Waals surface area (Å²) in [7, 11) is 0. The minimum atomic E-state index is 0.443. The molecule has 1 saturated heterocycles. The zero-order valence-electron chi connectivity index (χ0n) is 21.2. The van der Waals surface area contributed by atoms with E-state index < -0.39 is 0 Å². The van der Waals surface area contributed by atoms with Crippen LogP contribution in [0.15, 0.2) is 89.6 Å².